The van der Waals surface area contributed by atoms with E-state index in [1.54, 1.807) is 0 Å². The molecule has 2 aromatic rings. The molecule has 0 amide bonds. The molecule has 1 fully saturated rings. The number of rotatable bonds is 6. The second-order valence-electron chi connectivity index (χ2n) is 10.1. The first kappa shape index (κ1) is 20.6. The molecule has 6 heteroatoms. The average molecular weight is 392 g/mol. The van der Waals surface area contributed by atoms with E-state index in [0.29, 0.717) is 5.92 Å². The van der Waals surface area contributed by atoms with Gasteiger partial charge in [-0.3, -0.25) is 0 Å². The third-order valence-electron chi connectivity index (χ3n) is 6.89. The highest BCUT2D eigenvalue weighted by atomic mass is 16.7. The van der Waals surface area contributed by atoms with Crippen LogP contribution < -0.4 is 10.5 Å². The molecule has 1 atom stereocenters. The molecule has 4 nitrogen and oxygen atoms in total. The van der Waals surface area contributed by atoms with Gasteiger partial charge in [-0.05, 0) is 51.1 Å². The van der Waals surface area contributed by atoms with Crippen LogP contribution in [0.4, 0.5) is 11.4 Å². The second-order valence-corrected chi connectivity index (χ2v) is 10.1. The Morgan fingerprint density at radius 2 is 1.41 bits per heavy atom. The molecular formula is C23H34B2N2O2. The van der Waals surface area contributed by atoms with E-state index >= 15 is 0 Å². The van der Waals surface area contributed by atoms with E-state index < -0.39 is 0 Å². The van der Waals surface area contributed by atoms with Gasteiger partial charge in [0, 0.05) is 22.5 Å². The van der Waals surface area contributed by atoms with Gasteiger partial charge in [-0.15, -0.1) is 0 Å². The number of anilines is 2. The maximum atomic E-state index is 6.50. The van der Waals surface area contributed by atoms with E-state index in [-0.39, 0.29) is 31.0 Å². The van der Waals surface area contributed by atoms with Crippen molar-refractivity contribution < 1.29 is 9.31 Å². The zero-order chi connectivity index (χ0) is 20.8. The Morgan fingerprint density at radius 3 is 1.93 bits per heavy atom. The zero-order valence-corrected chi connectivity index (χ0v) is 18.7. The van der Waals surface area contributed by atoms with Crippen LogP contribution in [-0.4, -0.2) is 25.3 Å². The van der Waals surface area contributed by atoms with Gasteiger partial charge in [0.05, 0.1) is 11.2 Å². The normalized spacial score (nSPS) is 20.7. The molecule has 0 spiro atoms. The van der Waals surface area contributed by atoms with Crippen LogP contribution in [-0.2, 0) is 9.31 Å². The molecule has 2 N–H and O–H groups in total. The van der Waals surface area contributed by atoms with Crippen LogP contribution in [0.3, 0.4) is 0 Å². The SMILES string of the molecule is CC(C)CCCC(B1Nc2cccc3cccc(c23)N1)B1OC(C)(C)C(C)(C)O1. The summed E-state index contributed by atoms with van der Waals surface area (Å²) in [5.74, 6) is 0.704. The fourth-order valence-corrected chi connectivity index (χ4v) is 4.45. The zero-order valence-electron chi connectivity index (χ0n) is 18.7. The first-order valence-corrected chi connectivity index (χ1v) is 11.1. The van der Waals surface area contributed by atoms with E-state index in [1.165, 1.54) is 28.6 Å². The van der Waals surface area contributed by atoms with Gasteiger partial charge in [-0.25, -0.2) is 0 Å². The van der Waals surface area contributed by atoms with Crippen molar-refractivity contribution >= 4 is 36.2 Å². The molecule has 0 aliphatic carbocycles. The fraction of sp³-hybridized carbons (Fsp3) is 0.565. The van der Waals surface area contributed by atoms with Gasteiger partial charge in [-0.1, -0.05) is 57.4 Å². The van der Waals surface area contributed by atoms with Crippen molar-refractivity contribution in [2.75, 3.05) is 10.5 Å². The molecule has 0 radical (unpaired) electrons. The van der Waals surface area contributed by atoms with E-state index in [1.807, 2.05) is 0 Å². The standard InChI is InChI=1S/C23H34B2N2O2/c1-16(2)10-7-15-20(25-28-22(3,4)23(5,6)29-25)24-26-18-13-8-11-17-12-9-14-19(27-24)21(17)18/h8-9,11-14,16,20,26-27H,7,10,15H2,1-6H3. The van der Waals surface area contributed by atoms with E-state index in [4.69, 9.17) is 9.31 Å². The van der Waals surface area contributed by atoms with Crippen molar-refractivity contribution in [2.24, 2.45) is 5.92 Å². The molecule has 2 aromatic carbocycles. The number of hydrogen-bond acceptors (Lipinski definition) is 4. The second kappa shape index (κ2) is 7.55. The Morgan fingerprint density at radius 1 is 0.862 bits per heavy atom. The predicted octanol–water partition coefficient (Wildman–Crippen LogP) is 5.99. The highest BCUT2D eigenvalue weighted by Crippen LogP contribution is 2.44. The van der Waals surface area contributed by atoms with Crippen LogP contribution in [0, 0.1) is 5.92 Å². The van der Waals surface area contributed by atoms with Gasteiger partial charge in [0.2, 0.25) is 0 Å². The minimum atomic E-state index is -0.319. The predicted molar refractivity (Wildman–Crippen MR) is 125 cm³/mol. The Kier molecular flexibility index (Phi) is 5.37. The number of benzene rings is 2. The van der Waals surface area contributed by atoms with Gasteiger partial charge in [-0.2, -0.15) is 0 Å². The molecule has 0 aromatic heterocycles. The minimum Gasteiger partial charge on any atom is -0.409 e. The molecule has 2 aliphatic rings. The summed E-state index contributed by atoms with van der Waals surface area (Å²) in [6.07, 6.45) is 3.44. The van der Waals surface area contributed by atoms with Crippen LogP contribution in [0.25, 0.3) is 10.8 Å². The van der Waals surface area contributed by atoms with Crippen molar-refractivity contribution in [3.8, 4) is 0 Å². The third kappa shape index (κ3) is 3.89. The van der Waals surface area contributed by atoms with Crippen molar-refractivity contribution in [3.63, 3.8) is 0 Å². The van der Waals surface area contributed by atoms with Gasteiger partial charge in [0.25, 0.3) is 0 Å². The minimum absolute atomic E-state index is 0.0670. The highest BCUT2D eigenvalue weighted by Gasteiger charge is 2.56. The quantitative estimate of drug-likeness (QED) is 0.593. The number of nitrogens with one attached hydrogen (secondary N) is 2. The molecule has 1 saturated heterocycles. The molecule has 29 heavy (non-hydrogen) atoms. The van der Waals surface area contributed by atoms with Crippen LogP contribution in [0.5, 0.6) is 0 Å². The molecular weight excluding hydrogens is 358 g/mol. The summed E-state index contributed by atoms with van der Waals surface area (Å²) < 4.78 is 13.0. The Labute approximate surface area is 176 Å². The average Bonchev–Trinajstić information content (AvgIpc) is 2.86. The molecule has 2 aliphatic heterocycles. The van der Waals surface area contributed by atoms with Gasteiger partial charge in [0.15, 0.2) is 0 Å². The largest absolute Gasteiger partial charge is 0.457 e. The van der Waals surface area contributed by atoms with Gasteiger partial charge in [0.1, 0.15) is 0 Å². The van der Waals surface area contributed by atoms with Gasteiger partial charge >= 0.3 is 14.1 Å². The van der Waals surface area contributed by atoms with E-state index in [2.05, 4.69) is 88.4 Å². The summed E-state index contributed by atoms with van der Waals surface area (Å²) in [4.78, 5) is 0. The first-order chi connectivity index (χ1) is 13.7. The fourth-order valence-electron chi connectivity index (χ4n) is 4.45. The molecule has 0 bridgehead atoms. The van der Waals surface area contributed by atoms with Crippen LogP contribution >= 0.6 is 0 Å². The molecule has 2 heterocycles. The summed E-state index contributed by atoms with van der Waals surface area (Å²) in [5.41, 5.74) is 1.94. The lowest BCUT2D eigenvalue weighted by Gasteiger charge is -2.33. The molecule has 154 valence electrons. The van der Waals surface area contributed by atoms with Crippen LogP contribution in [0.1, 0.15) is 60.8 Å². The van der Waals surface area contributed by atoms with Crippen LogP contribution in [0.15, 0.2) is 36.4 Å². The first-order valence-electron chi connectivity index (χ1n) is 11.1. The van der Waals surface area contributed by atoms with E-state index in [9.17, 15) is 0 Å². The lowest BCUT2D eigenvalue weighted by molar-refractivity contribution is 0.00578. The Balaban J connectivity index is 1.62. The topological polar surface area (TPSA) is 42.5 Å². The van der Waals surface area contributed by atoms with Crippen molar-refractivity contribution in [2.45, 2.75) is 77.7 Å². The summed E-state index contributed by atoms with van der Waals surface area (Å²) in [6.45, 7) is 13.2. The Hall–Kier alpha value is -1.65. The van der Waals surface area contributed by atoms with Gasteiger partial charge < -0.3 is 19.8 Å². The number of hydrogen-bond donors (Lipinski definition) is 2. The van der Waals surface area contributed by atoms with Crippen molar-refractivity contribution in [3.05, 3.63) is 36.4 Å². The summed E-state index contributed by atoms with van der Waals surface area (Å²) in [5, 5.41) is 10.0. The monoisotopic (exact) mass is 392 g/mol. The molecule has 4 rings (SSSR count). The summed E-state index contributed by atoms with van der Waals surface area (Å²) in [6, 6.07) is 12.9. The maximum absolute atomic E-state index is 6.50. The van der Waals surface area contributed by atoms with Crippen molar-refractivity contribution in [1.29, 1.82) is 0 Å². The maximum Gasteiger partial charge on any atom is 0.457 e. The summed E-state index contributed by atoms with van der Waals surface area (Å²) in [7, 11) is -0.235. The molecule has 1 unspecified atom stereocenters. The van der Waals surface area contributed by atoms with E-state index in [0.717, 1.165) is 12.8 Å². The smallest absolute Gasteiger partial charge is 0.409 e. The lowest BCUT2D eigenvalue weighted by Crippen LogP contribution is -2.48. The van der Waals surface area contributed by atoms with Crippen LogP contribution in [0.2, 0.25) is 5.72 Å². The third-order valence-corrected chi connectivity index (χ3v) is 6.89. The summed E-state index contributed by atoms with van der Waals surface area (Å²) >= 11 is 0. The van der Waals surface area contributed by atoms with Crippen molar-refractivity contribution in [1.82, 2.24) is 0 Å². The Bertz CT molecular complexity index is 828. The highest BCUT2D eigenvalue weighted by molar-refractivity contribution is 6.80. The lowest BCUT2D eigenvalue weighted by atomic mass is 9.44. The molecule has 0 saturated carbocycles.